The predicted octanol–water partition coefficient (Wildman–Crippen LogP) is 6.18. The van der Waals surface area contributed by atoms with E-state index in [1.165, 1.54) is 11.1 Å². The maximum Gasteiger partial charge on any atom is 0.184 e. The molecule has 4 rings (SSSR count). The Labute approximate surface area is 217 Å². The molecule has 0 aliphatic carbocycles. The summed E-state index contributed by atoms with van der Waals surface area (Å²) >= 11 is 3.50. The highest BCUT2D eigenvalue weighted by Crippen LogP contribution is 2.34. The van der Waals surface area contributed by atoms with Gasteiger partial charge in [-0.15, -0.1) is 0 Å². The summed E-state index contributed by atoms with van der Waals surface area (Å²) in [5, 5.41) is 4.05. The SMILES string of the molecule is CCCc1ccc([C@@H](C)N2CCc3ccc(S(=O)(=O)Cc4noc(C(C)(C)C)c4Br)cc3C2)cn1. The molecule has 0 spiro atoms. The Morgan fingerprint density at radius 3 is 2.57 bits per heavy atom. The number of benzene rings is 1. The Bertz CT molecular complexity index is 1290. The van der Waals surface area contributed by atoms with E-state index >= 15 is 0 Å². The van der Waals surface area contributed by atoms with Gasteiger partial charge in [-0.25, -0.2) is 8.42 Å². The lowest BCUT2D eigenvalue weighted by Gasteiger charge is -2.34. The lowest BCUT2D eigenvalue weighted by Crippen LogP contribution is -2.33. The summed E-state index contributed by atoms with van der Waals surface area (Å²) in [7, 11) is -3.58. The van der Waals surface area contributed by atoms with Crippen molar-refractivity contribution in [3.8, 4) is 0 Å². The van der Waals surface area contributed by atoms with Gasteiger partial charge in [-0.2, -0.15) is 0 Å². The maximum absolute atomic E-state index is 13.3. The third-order valence-corrected chi connectivity index (χ3v) is 9.11. The Hall–Kier alpha value is -2.03. The van der Waals surface area contributed by atoms with Gasteiger partial charge >= 0.3 is 0 Å². The van der Waals surface area contributed by atoms with Crippen molar-refractivity contribution in [3.63, 3.8) is 0 Å². The molecule has 0 bridgehead atoms. The standard InChI is InChI=1S/C27H34BrN3O3S/c1-6-7-22-10-8-20(15-29-22)18(2)31-13-12-19-9-11-23(14-21(19)16-31)35(32,33)17-24-25(28)26(34-30-24)27(3,4)5/h8-11,14-15,18H,6-7,12-13,16-17H2,1-5H3/t18-/m1/s1. The highest BCUT2D eigenvalue weighted by atomic mass is 79.9. The van der Waals surface area contributed by atoms with E-state index in [2.05, 4.69) is 57.0 Å². The smallest absolute Gasteiger partial charge is 0.184 e. The highest BCUT2D eigenvalue weighted by Gasteiger charge is 2.29. The van der Waals surface area contributed by atoms with E-state index in [1.54, 1.807) is 6.07 Å². The van der Waals surface area contributed by atoms with E-state index in [0.717, 1.165) is 37.1 Å². The van der Waals surface area contributed by atoms with Crippen molar-refractivity contribution in [1.29, 1.82) is 0 Å². The minimum atomic E-state index is -3.58. The summed E-state index contributed by atoms with van der Waals surface area (Å²) < 4.78 is 32.7. The second-order valence-electron chi connectivity index (χ2n) is 10.4. The number of pyridine rings is 1. The second kappa shape index (κ2) is 10.1. The number of aryl methyl sites for hydroxylation is 1. The number of hydrogen-bond donors (Lipinski definition) is 0. The summed E-state index contributed by atoms with van der Waals surface area (Å²) in [5.41, 5.74) is 4.71. The average Bonchev–Trinajstić information content (AvgIpc) is 3.18. The summed E-state index contributed by atoms with van der Waals surface area (Å²) in [4.78, 5) is 7.33. The molecule has 8 heteroatoms. The third kappa shape index (κ3) is 5.70. The molecule has 1 aromatic carbocycles. The van der Waals surface area contributed by atoms with Crippen LogP contribution in [0, 0.1) is 0 Å². The van der Waals surface area contributed by atoms with Gasteiger partial charge in [-0.05, 0) is 70.6 Å². The third-order valence-electron chi connectivity index (χ3n) is 6.67. The number of sulfone groups is 1. The molecular weight excluding hydrogens is 526 g/mol. The molecule has 3 heterocycles. The van der Waals surface area contributed by atoms with Crippen LogP contribution in [-0.4, -0.2) is 30.0 Å². The van der Waals surface area contributed by atoms with Crippen LogP contribution < -0.4 is 0 Å². The lowest BCUT2D eigenvalue weighted by molar-refractivity contribution is 0.191. The van der Waals surface area contributed by atoms with Gasteiger partial charge in [0.05, 0.1) is 9.37 Å². The molecule has 0 saturated carbocycles. The van der Waals surface area contributed by atoms with Crippen LogP contribution in [0.5, 0.6) is 0 Å². The summed E-state index contributed by atoms with van der Waals surface area (Å²) in [6.07, 6.45) is 4.95. The van der Waals surface area contributed by atoms with Crippen LogP contribution in [0.25, 0.3) is 0 Å². The van der Waals surface area contributed by atoms with Crippen molar-refractivity contribution in [2.45, 2.75) is 82.5 Å². The predicted molar refractivity (Wildman–Crippen MR) is 141 cm³/mol. The van der Waals surface area contributed by atoms with Crippen molar-refractivity contribution in [1.82, 2.24) is 15.0 Å². The van der Waals surface area contributed by atoms with Gasteiger partial charge in [-0.1, -0.05) is 51.4 Å². The van der Waals surface area contributed by atoms with Crippen LogP contribution in [0.3, 0.4) is 0 Å². The summed E-state index contributed by atoms with van der Waals surface area (Å²) in [5.74, 6) is 0.442. The first-order valence-corrected chi connectivity index (χ1v) is 14.6. The minimum Gasteiger partial charge on any atom is -0.359 e. The normalized spacial score (nSPS) is 15.7. The van der Waals surface area contributed by atoms with Crippen molar-refractivity contribution >= 4 is 25.8 Å². The maximum atomic E-state index is 13.3. The van der Waals surface area contributed by atoms with Crippen molar-refractivity contribution < 1.29 is 12.9 Å². The molecule has 1 atom stereocenters. The van der Waals surface area contributed by atoms with Gasteiger partial charge in [0.15, 0.2) is 15.6 Å². The van der Waals surface area contributed by atoms with Gasteiger partial charge in [0.1, 0.15) is 11.4 Å². The zero-order valence-electron chi connectivity index (χ0n) is 21.1. The molecule has 0 saturated heterocycles. The van der Waals surface area contributed by atoms with Crippen LogP contribution in [0.4, 0.5) is 0 Å². The Morgan fingerprint density at radius 2 is 1.94 bits per heavy atom. The van der Waals surface area contributed by atoms with Crippen LogP contribution >= 0.6 is 15.9 Å². The van der Waals surface area contributed by atoms with Crippen LogP contribution in [-0.2, 0) is 40.4 Å². The molecule has 1 aliphatic heterocycles. The number of rotatable bonds is 7. The molecule has 0 amide bonds. The molecule has 0 radical (unpaired) electrons. The van der Waals surface area contributed by atoms with Crippen molar-refractivity contribution in [3.05, 3.63) is 74.8 Å². The molecule has 6 nitrogen and oxygen atoms in total. The van der Waals surface area contributed by atoms with E-state index in [1.807, 2.05) is 39.1 Å². The van der Waals surface area contributed by atoms with Gasteiger partial charge in [0.2, 0.25) is 0 Å². The van der Waals surface area contributed by atoms with Crippen LogP contribution in [0.15, 0.2) is 50.4 Å². The molecule has 0 N–H and O–H groups in total. The highest BCUT2D eigenvalue weighted by molar-refractivity contribution is 9.10. The first-order valence-electron chi connectivity index (χ1n) is 12.2. The first-order chi connectivity index (χ1) is 16.5. The number of fused-ring (bicyclic) bond motifs is 1. The number of halogens is 1. The Kier molecular flexibility index (Phi) is 7.55. The molecule has 0 unspecified atom stereocenters. The zero-order chi connectivity index (χ0) is 25.4. The van der Waals surface area contributed by atoms with Gasteiger partial charge in [0.25, 0.3) is 0 Å². The van der Waals surface area contributed by atoms with Crippen LogP contribution in [0.1, 0.15) is 80.9 Å². The number of aromatic nitrogens is 2. The fourth-order valence-electron chi connectivity index (χ4n) is 4.51. The number of hydrogen-bond acceptors (Lipinski definition) is 6. The Morgan fingerprint density at radius 1 is 1.17 bits per heavy atom. The van der Waals surface area contributed by atoms with Crippen LogP contribution in [0.2, 0.25) is 0 Å². The monoisotopic (exact) mass is 559 g/mol. The molecule has 35 heavy (non-hydrogen) atoms. The molecule has 2 aromatic heterocycles. The van der Waals surface area contributed by atoms with Gasteiger partial charge in [0, 0.05) is 36.4 Å². The largest absolute Gasteiger partial charge is 0.359 e. The average molecular weight is 561 g/mol. The van der Waals surface area contributed by atoms with Crippen molar-refractivity contribution in [2.24, 2.45) is 0 Å². The number of nitrogens with zero attached hydrogens (tertiary/aromatic N) is 3. The quantitative estimate of drug-likeness (QED) is 0.344. The lowest BCUT2D eigenvalue weighted by atomic mass is 9.93. The van der Waals surface area contributed by atoms with Gasteiger partial charge < -0.3 is 4.52 Å². The molecule has 188 valence electrons. The first kappa shape index (κ1) is 26.0. The Balaban J connectivity index is 1.53. The minimum absolute atomic E-state index is 0.202. The van der Waals surface area contributed by atoms with E-state index in [-0.39, 0.29) is 17.2 Å². The van der Waals surface area contributed by atoms with E-state index in [0.29, 0.717) is 27.4 Å². The molecule has 3 aromatic rings. The molecule has 1 aliphatic rings. The topological polar surface area (TPSA) is 76.3 Å². The van der Waals surface area contributed by atoms with E-state index in [4.69, 9.17) is 4.52 Å². The molecule has 0 fully saturated rings. The zero-order valence-corrected chi connectivity index (χ0v) is 23.5. The van der Waals surface area contributed by atoms with E-state index in [9.17, 15) is 8.42 Å². The summed E-state index contributed by atoms with van der Waals surface area (Å²) in [6, 6.07) is 10.0. The van der Waals surface area contributed by atoms with Gasteiger partial charge in [-0.3, -0.25) is 9.88 Å². The second-order valence-corrected chi connectivity index (χ2v) is 13.2. The fourth-order valence-corrected chi connectivity index (χ4v) is 6.89. The van der Waals surface area contributed by atoms with Crippen molar-refractivity contribution in [2.75, 3.05) is 6.54 Å². The summed E-state index contributed by atoms with van der Waals surface area (Å²) in [6.45, 7) is 12.0. The van der Waals surface area contributed by atoms with E-state index < -0.39 is 9.84 Å². The fraction of sp³-hybridized carbons (Fsp3) is 0.481. The molecular formula is C27H34BrN3O3S.